The fourth-order valence-corrected chi connectivity index (χ4v) is 3.43. The van der Waals surface area contributed by atoms with E-state index in [0.29, 0.717) is 4.75 Å². The van der Waals surface area contributed by atoms with Gasteiger partial charge in [0.1, 0.15) is 0 Å². The van der Waals surface area contributed by atoms with Crippen LogP contribution in [0.1, 0.15) is 43.8 Å². The van der Waals surface area contributed by atoms with Crippen molar-refractivity contribution in [2.24, 2.45) is 0 Å². The first-order chi connectivity index (χ1) is 7.67. The van der Waals surface area contributed by atoms with Gasteiger partial charge in [0, 0.05) is 4.75 Å². The van der Waals surface area contributed by atoms with Crippen molar-refractivity contribution in [1.82, 2.24) is 20.2 Å². The number of rotatable bonds is 4. The second-order valence-corrected chi connectivity index (χ2v) is 6.33. The number of hydrogen-bond acceptors (Lipinski definition) is 4. The van der Waals surface area contributed by atoms with Crippen molar-refractivity contribution in [3.63, 3.8) is 0 Å². The smallest absolute Gasteiger partial charge is 0.168 e. The zero-order valence-corrected chi connectivity index (χ0v) is 11.3. The minimum atomic E-state index is -0.129. The van der Waals surface area contributed by atoms with E-state index in [1.165, 1.54) is 25.7 Å². The highest BCUT2D eigenvalue weighted by Crippen LogP contribution is 2.41. The van der Waals surface area contributed by atoms with E-state index in [1.807, 2.05) is 23.4 Å². The summed E-state index contributed by atoms with van der Waals surface area (Å²) in [6.07, 6.45) is 7.32. The molecule has 1 aliphatic rings. The maximum absolute atomic E-state index is 6.05. The predicted octanol–water partition coefficient (Wildman–Crippen LogP) is 2.65. The van der Waals surface area contributed by atoms with E-state index in [0.717, 1.165) is 12.4 Å². The van der Waals surface area contributed by atoms with Crippen LogP contribution in [0.4, 0.5) is 0 Å². The largest absolute Gasteiger partial charge is 0.227 e. The molecule has 1 fully saturated rings. The molecule has 0 aliphatic heterocycles. The molecule has 90 valence electrons. The van der Waals surface area contributed by atoms with Gasteiger partial charge in [-0.3, -0.25) is 0 Å². The molecule has 6 heteroatoms. The molecule has 2 rings (SSSR count). The third-order valence-corrected chi connectivity index (χ3v) is 4.90. The maximum atomic E-state index is 6.05. The second-order valence-electron chi connectivity index (χ2n) is 4.40. The highest BCUT2D eigenvalue weighted by atomic mass is 35.5. The molecule has 1 saturated carbocycles. The number of halogens is 1. The topological polar surface area (TPSA) is 43.6 Å². The number of thioether (sulfide) groups is 1. The van der Waals surface area contributed by atoms with Crippen molar-refractivity contribution in [3.05, 3.63) is 5.82 Å². The SMILES string of the molecule is CSC1(Cn2nnnc2C(C)Cl)CCCC1. The van der Waals surface area contributed by atoms with Gasteiger partial charge in [-0.2, -0.15) is 11.8 Å². The lowest BCUT2D eigenvalue weighted by Crippen LogP contribution is -2.28. The molecule has 0 saturated heterocycles. The molecule has 1 aromatic heterocycles. The zero-order chi connectivity index (χ0) is 11.6. The third-order valence-electron chi connectivity index (χ3n) is 3.30. The maximum Gasteiger partial charge on any atom is 0.168 e. The third kappa shape index (κ3) is 2.35. The summed E-state index contributed by atoms with van der Waals surface area (Å²) < 4.78 is 2.19. The van der Waals surface area contributed by atoms with Crippen molar-refractivity contribution in [2.75, 3.05) is 6.26 Å². The molecule has 4 nitrogen and oxygen atoms in total. The van der Waals surface area contributed by atoms with Crippen LogP contribution in [0, 0.1) is 0 Å². The fourth-order valence-electron chi connectivity index (χ4n) is 2.33. The standard InChI is InChI=1S/C10H17ClN4S/c1-8(11)9-12-13-14-15(9)7-10(16-2)5-3-4-6-10/h8H,3-7H2,1-2H3. The average molecular weight is 261 g/mol. The van der Waals surface area contributed by atoms with Crippen LogP contribution in [0.3, 0.4) is 0 Å². The Balaban J connectivity index is 2.16. The molecule has 1 atom stereocenters. The molecule has 16 heavy (non-hydrogen) atoms. The van der Waals surface area contributed by atoms with Gasteiger partial charge in [-0.05, 0) is 36.4 Å². The fraction of sp³-hybridized carbons (Fsp3) is 0.900. The number of aromatic nitrogens is 4. The van der Waals surface area contributed by atoms with E-state index in [-0.39, 0.29) is 5.38 Å². The molecule has 0 bridgehead atoms. The Morgan fingerprint density at radius 2 is 2.19 bits per heavy atom. The summed E-state index contributed by atoms with van der Waals surface area (Å²) >= 11 is 7.99. The first-order valence-corrected chi connectivity index (χ1v) is 7.28. The summed E-state index contributed by atoms with van der Waals surface area (Å²) in [6.45, 7) is 2.79. The Labute approximate surface area is 105 Å². The molecule has 0 N–H and O–H groups in total. The molecular formula is C10H17ClN4S. The highest BCUT2D eigenvalue weighted by Gasteiger charge is 2.34. The lowest BCUT2D eigenvalue weighted by Gasteiger charge is -2.26. The van der Waals surface area contributed by atoms with Crippen molar-refractivity contribution >= 4 is 23.4 Å². The molecule has 0 spiro atoms. The normalized spacial score (nSPS) is 21.2. The monoisotopic (exact) mass is 260 g/mol. The summed E-state index contributed by atoms with van der Waals surface area (Å²) in [4.78, 5) is 0. The van der Waals surface area contributed by atoms with Gasteiger partial charge in [0.25, 0.3) is 0 Å². The van der Waals surface area contributed by atoms with Gasteiger partial charge >= 0.3 is 0 Å². The van der Waals surface area contributed by atoms with Crippen molar-refractivity contribution in [1.29, 1.82) is 0 Å². The van der Waals surface area contributed by atoms with Gasteiger partial charge in [0.15, 0.2) is 5.82 Å². The highest BCUT2D eigenvalue weighted by molar-refractivity contribution is 8.00. The first kappa shape index (κ1) is 12.2. The zero-order valence-electron chi connectivity index (χ0n) is 9.69. The van der Waals surface area contributed by atoms with Crippen LogP contribution in [0.2, 0.25) is 0 Å². The minimum Gasteiger partial charge on any atom is -0.227 e. The lowest BCUT2D eigenvalue weighted by molar-refractivity contribution is 0.449. The summed E-state index contributed by atoms with van der Waals surface area (Å²) in [6, 6.07) is 0. The summed E-state index contributed by atoms with van der Waals surface area (Å²) in [5, 5.41) is 11.6. The Kier molecular flexibility index (Phi) is 3.74. The van der Waals surface area contributed by atoms with Crippen molar-refractivity contribution in [2.45, 2.75) is 49.3 Å². The number of alkyl halides is 1. The Bertz CT molecular complexity index is 346. The van der Waals surface area contributed by atoms with Crippen LogP contribution < -0.4 is 0 Å². The van der Waals surface area contributed by atoms with E-state index in [4.69, 9.17) is 11.6 Å². The Morgan fingerprint density at radius 3 is 2.75 bits per heavy atom. The number of hydrogen-bond donors (Lipinski definition) is 0. The molecule has 0 aromatic carbocycles. The summed E-state index contributed by atoms with van der Waals surface area (Å²) in [5.41, 5.74) is 0. The van der Waals surface area contributed by atoms with Crippen LogP contribution in [0.5, 0.6) is 0 Å². The minimum absolute atomic E-state index is 0.129. The van der Waals surface area contributed by atoms with Gasteiger partial charge < -0.3 is 0 Å². The molecular weight excluding hydrogens is 244 g/mol. The van der Waals surface area contributed by atoms with Gasteiger partial charge in [-0.15, -0.1) is 16.7 Å². The molecule has 1 heterocycles. The Hall–Kier alpha value is -0.290. The first-order valence-electron chi connectivity index (χ1n) is 5.62. The van der Waals surface area contributed by atoms with Gasteiger partial charge in [-0.1, -0.05) is 12.8 Å². The summed E-state index contributed by atoms with van der Waals surface area (Å²) in [7, 11) is 0. The molecule has 1 unspecified atom stereocenters. The van der Waals surface area contributed by atoms with E-state index in [1.54, 1.807) is 0 Å². The van der Waals surface area contributed by atoms with Crippen LogP contribution in [-0.4, -0.2) is 31.2 Å². The molecule has 0 radical (unpaired) electrons. The number of tetrazole rings is 1. The van der Waals surface area contributed by atoms with Crippen molar-refractivity contribution < 1.29 is 0 Å². The average Bonchev–Trinajstić information content (AvgIpc) is 2.88. The summed E-state index contributed by atoms with van der Waals surface area (Å²) in [5.74, 6) is 0.780. The van der Waals surface area contributed by atoms with Crippen LogP contribution in [-0.2, 0) is 6.54 Å². The van der Waals surface area contributed by atoms with E-state index >= 15 is 0 Å². The quantitative estimate of drug-likeness (QED) is 0.781. The van der Waals surface area contributed by atoms with Gasteiger partial charge in [-0.25, -0.2) is 4.68 Å². The van der Waals surface area contributed by atoms with E-state index in [2.05, 4.69) is 21.8 Å². The molecule has 0 amide bonds. The predicted molar refractivity (Wildman–Crippen MR) is 66.8 cm³/mol. The second kappa shape index (κ2) is 4.92. The van der Waals surface area contributed by atoms with Gasteiger partial charge in [0.05, 0.1) is 11.9 Å². The molecule has 1 aromatic rings. The Morgan fingerprint density at radius 1 is 1.50 bits per heavy atom. The van der Waals surface area contributed by atoms with Crippen LogP contribution in [0.25, 0.3) is 0 Å². The number of nitrogens with zero attached hydrogens (tertiary/aromatic N) is 4. The lowest BCUT2D eigenvalue weighted by atomic mass is 10.1. The van der Waals surface area contributed by atoms with E-state index in [9.17, 15) is 0 Å². The van der Waals surface area contributed by atoms with Crippen LogP contribution in [0.15, 0.2) is 0 Å². The van der Waals surface area contributed by atoms with Gasteiger partial charge in [0.2, 0.25) is 0 Å². The molecule has 1 aliphatic carbocycles. The van der Waals surface area contributed by atoms with E-state index < -0.39 is 0 Å². The van der Waals surface area contributed by atoms with Crippen molar-refractivity contribution in [3.8, 4) is 0 Å². The van der Waals surface area contributed by atoms with Crippen LogP contribution >= 0.6 is 23.4 Å².